The Kier molecular flexibility index (Phi) is 2.87. The zero-order valence-corrected chi connectivity index (χ0v) is 9.03. The molecule has 0 aliphatic heterocycles. The molecule has 3 nitrogen and oxygen atoms in total. The van der Waals surface area contributed by atoms with Gasteiger partial charge in [-0.05, 0) is 25.8 Å². The Morgan fingerprint density at radius 3 is 2.79 bits per heavy atom. The molecule has 1 N–H and O–H groups in total. The van der Waals surface area contributed by atoms with Gasteiger partial charge in [-0.1, -0.05) is 12.8 Å². The van der Waals surface area contributed by atoms with Gasteiger partial charge in [-0.3, -0.25) is 4.68 Å². The maximum absolute atomic E-state index is 4.19. The molecular formula is C11H19N3. The average Bonchev–Trinajstić information content (AvgIpc) is 2.75. The molecule has 0 spiro atoms. The minimum Gasteiger partial charge on any atom is -0.306 e. The fourth-order valence-corrected chi connectivity index (χ4v) is 2.34. The summed E-state index contributed by atoms with van der Waals surface area (Å²) >= 11 is 0. The summed E-state index contributed by atoms with van der Waals surface area (Å²) < 4.78 is 1.95. The van der Waals surface area contributed by atoms with Crippen molar-refractivity contribution in [3.05, 3.63) is 18.0 Å². The van der Waals surface area contributed by atoms with E-state index in [2.05, 4.69) is 23.4 Å². The summed E-state index contributed by atoms with van der Waals surface area (Å²) in [5.41, 5.74) is 1.27. The lowest BCUT2D eigenvalue weighted by Crippen LogP contribution is -2.30. The number of hydrogen-bond donors (Lipinski definition) is 1. The molecule has 1 unspecified atom stereocenters. The van der Waals surface area contributed by atoms with E-state index in [0.717, 1.165) is 6.04 Å². The molecule has 0 saturated heterocycles. The van der Waals surface area contributed by atoms with Crippen molar-refractivity contribution in [2.75, 3.05) is 0 Å². The van der Waals surface area contributed by atoms with E-state index in [4.69, 9.17) is 0 Å². The van der Waals surface area contributed by atoms with Crippen LogP contribution in [0.2, 0.25) is 0 Å². The highest BCUT2D eigenvalue weighted by Gasteiger charge is 2.18. The van der Waals surface area contributed by atoms with E-state index >= 15 is 0 Å². The quantitative estimate of drug-likeness (QED) is 0.796. The number of nitrogens with zero attached hydrogens (tertiary/aromatic N) is 2. The van der Waals surface area contributed by atoms with Gasteiger partial charge in [0.25, 0.3) is 0 Å². The minimum absolute atomic E-state index is 0.422. The second-order valence-corrected chi connectivity index (χ2v) is 4.25. The lowest BCUT2D eigenvalue weighted by Gasteiger charge is -2.19. The number of hydrogen-bond acceptors (Lipinski definition) is 2. The van der Waals surface area contributed by atoms with Crippen molar-refractivity contribution >= 4 is 0 Å². The summed E-state index contributed by atoms with van der Waals surface area (Å²) in [6.45, 7) is 2.22. The van der Waals surface area contributed by atoms with E-state index in [9.17, 15) is 0 Å². The molecule has 1 heterocycles. The summed E-state index contributed by atoms with van der Waals surface area (Å²) in [5, 5.41) is 7.85. The van der Waals surface area contributed by atoms with Gasteiger partial charge in [-0.25, -0.2) is 0 Å². The van der Waals surface area contributed by atoms with Crippen LogP contribution < -0.4 is 5.32 Å². The van der Waals surface area contributed by atoms with Gasteiger partial charge in [0, 0.05) is 25.3 Å². The molecule has 0 radical (unpaired) electrons. The van der Waals surface area contributed by atoms with Crippen molar-refractivity contribution < 1.29 is 0 Å². The van der Waals surface area contributed by atoms with Gasteiger partial charge in [-0.2, -0.15) is 5.10 Å². The number of aryl methyl sites for hydroxylation is 1. The average molecular weight is 193 g/mol. The molecule has 0 bridgehead atoms. The highest BCUT2D eigenvalue weighted by atomic mass is 15.3. The zero-order valence-electron chi connectivity index (χ0n) is 9.03. The smallest absolute Gasteiger partial charge is 0.0547 e. The van der Waals surface area contributed by atoms with Crippen LogP contribution in [0.5, 0.6) is 0 Å². The SMILES string of the molecule is CC(NC1CCCC1)c1ccnn1C. The summed E-state index contributed by atoms with van der Waals surface area (Å²) in [6.07, 6.45) is 7.30. The van der Waals surface area contributed by atoms with E-state index in [1.54, 1.807) is 0 Å². The maximum atomic E-state index is 4.19. The molecule has 1 aromatic heterocycles. The Morgan fingerprint density at radius 1 is 1.50 bits per heavy atom. The summed E-state index contributed by atoms with van der Waals surface area (Å²) in [6, 6.07) is 3.23. The predicted octanol–water partition coefficient (Wildman–Crippen LogP) is 2.01. The maximum Gasteiger partial charge on any atom is 0.0547 e. The Morgan fingerprint density at radius 2 is 2.21 bits per heavy atom. The van der Waals surface area contributed by atoms with E-state index in [1.165, 1.54) is 31.4 Å². The van der Waals surface area contributed by atoms with Crippen molar-refractivity contribution in [3.8, 4) is 0 Å². The fourth-order valence-electron chi connectivity index (χ4n) is 2.34. The van der Waals surface area contributed by atoms with Crippen LogP contribution >= 0.6 is 0 Å². The Balaban J connectivity index is 1.95. The first kappa shape index (κ1) is 9.71. The largest absolute Gasteiger partial charge is 0.306 e. The van der Waals surface area contributed by atoms with Gasteiger partial charge in [0.1, 0.15) is 0 Å². The van der Waals surface area contributed by atoms with Crippen molar-refractivity contribution in [3.63, 3.8) is 0 Å². The third-order valence-electron chi connectivity index (χ3n) is 3.14. The normalized spacial score (nSPS) is 20.1. The molecule has 1 fully saturated rings. The third kappa shape index (κ3) is 1.98. The van der Waals surface area contributed by atoms with Gasteiger partial charge in [-0.15, -0.1) is 0 Å². The molecule has 1 atom stereocenters. The van der Waals surface area contributed by atoms with Crippen molar-refractivity contribution in [1.82, 2.24) is 15.1 Å². The first-order valence-corrected chi connectivity index (χ1v) is 5.51. The van der Waals surface area contributed by atoms with Crippen molar-refractivity contribution in [1.29, 1.82) is 0 Å². The lowest BCUT2D eigenvalue weighted by molar-refractivity contribution is 0.442. The summed E-state index contributed by atoms with van der Waals surface area (Å²) in [7, 11) is 2.00. The molecule has 0 aromatic carbocycles. The third-order valence-corrected chi connectivity index (χ3v) is 3.14. The molecule has 1 aliphatic carbocycles. The molecular weight excluding hydrogens is 174 g/mol. The minimum atomic E-state index is 0.422. The highest BCUT2D eigenvalue weighted by molar-refractivity contribution is 5.05. The van der Waals surface area contributed by atoms with Gasteiger partial charge in [0.2, 0.25) is 0 Å². The van der Waals surface area contributed by atoms with Gasteiger partial charge >= 0.3 is 0 Å². The Labute approximate surface area is 85.5 Å². The highest BCUT2D eigenvalue weighted by Crippen LogP contribution is 2.21. The summed E-state index contributed by atoms with van der Waals surface area (Å²) in [5.74, 6) is 0. The molecule has 1 aliphatic rings. The van der Waals surface area contributed by atoms with Crippen LogP contribution in [-0.4, -0.2) is 15.8 Å². The molecule has 1 saturated carbocycles. The monoisotopic (exact) mass is 193 g/mol. The van der Waals surface area contributed by atoms with Gasteiger partial charge in [0.05, 0.1) is 5.69 Å². The Bertz CT molecular complexity index is 286. The molecule has 0 amide bonds. The first-order valence-electron chi connectivity index (χ1n) is 5.51. The van der Waals surface area contributed by atoms with Crippen LogP contribution in [0.1, 0.15) is 44.3 Å². The van der Waals surface area contributed by atoms with Crippen LogP contribution in [0, 0.1) is 0 Å². The Hall–Kier alpha value is -0.830. The molecule has 2 rings (SSSR count). The zero-order chi connectivity index (χ0) is 9.97. The summed E-state index contributed by atoms with van der Waals surface area (Å²) in [4.78, 5) is 0. The van der Waals surface area contributed by atoms with Gasteiger partial charge in [0.15, 0.2) is 0 Å². The second-order valence-electron chi connectivity index (χ2n) is 4.25. The van der Waals surface area contributed by atoms with Crippen LogP contribution in [0.3, 0.4) is 0 Å². The molecule has 1 aromatic rings. The molecule has 3 heteroatoms. The number of nitrogens with one attached hydrogen (secondary N) is 1. The van der Waals surface area contributed by atoms with E-state index in [0.29, 0.717) is 6.04 Å². The van der Waals surface area contributed by atoms with Crippen LogP contribution in [-0.2, 0) is 7.05 Å². The first-order chi connectivity index (χ1) is 6.77. The van der Waals surface area contributed by atoms with Crippen molar-refractivity contribution in [2.45, 2.75) is 44.7 Å². The molecule has 78 valence electrons. The standard InChI is InChI=1S/C11H19N3/c1-9(11-7-8-12-14(11)2)13-10-5-3-4-6-10/h7-10,13H,3-6H2,1-2H3. The van der Waals surface area contributed by atoms with E-state index < -0.39 is 0 Å². The lowest BCUT2D eigenvalue weighted by atomic mass is 10.2. The molecule has 14 heavy (non-hydrogen) atoms. The predicted molar refractivity (Wildman–Crippen MR) is 57.0 cm³/mol. The van der Waals surface area contributed by atoms with Gasteiger partial charge < -0.3 is 5.32 Å². The van der Waals surface area contributed by atoms with Crippen LogP contribution in [0.25, 0.3) is 0 Å². The fraction of sp³-hybridized carbons (Fsp3) is 0.727. The van der Waals surface area contributed by atoms with Crippen LogP contribution in [0.4, 0.5) is 0 Å². The van der Waals surface area contributed by atoms with Crippen molar-refractivity contribution in [2.24, 2.45) is 7.05 Å². The van der Waals surface area contributed by atoms with E-state index in [-0.39, 0.29) is 0 Å². The second kappa shape index (κ2) is 4.13. The van der Waals surface area contributed by atoms with Crippen LogP contribution in [0.15, 0.2) is 12.3 Å². The number of aromatic nitrogens is 2. The topological polar surface area (TPSA) is 29.9 Å². The van der Waals surface area contributed by atoms with E-state index in [1.807, 2.05) is 17.9 Å². The number of rotatable bonds is 3.